The highest BCUT2D eigenvalue weighted by atomic mass is 32.2. The first-order valence-corrected chi connectivity index (χ1v) is 8.90. The summed E-state index contributed by atoms with van der Waals surface area (Å²) in [5.74, 6) is -2.62. The zero-order valence-electron chi connectivity index (χ0n) is 13.1. The molecular weight excluding hydrogens is 346 g/mol. The van der Waals surface area contributed by atoms with Crippen LogP contribution in [0.1, 0.15) is 12.8 Å². The van der Waals surface area contributed by atoms with E-state index >= 15 is 0 Å². The van der Waals surface area contributed by atoms with Crippen molar-refractivity contribution in [2.45, 2.75) is 23.8 Å². The molecule has 0 spiro atoms. The molecule has 2 aromatic rings. The summed E-state index contributed by atoms with van der Waals surface area (Å²) in [7, 11) is -4.08. The van der Waals surface area contributed by atoms with Gasteiger partial charge in [0.15, 0.2) is 0 Å². The lowest BCUT2D eigenvalue weighted by Gasteiger charge is -2.14. The van der Waals surface area contributed by atoms with Crippen molar-refractivity contribution in [1.29, 1.82) is 0 Å². The van der Waals surface area contributed by atoms with Crippen molar-refractivity contribution in [2.24, 2.45) is 0 Å². The number of rotatable bonds is 8. The Kier molecular flexibility index (Phi) is 5.89. The summed E-state index contributed by atoms with van der Waals surface area (Å²) in [6, 6.07) is 13.9. The quantitative estimate of drug-likeness (QED) is 0.659. The van der Waals surface area contributed by atoms with Crippen molar-refractivity contribution in [1.82, 2.24) is 4.72 Å². The van der Waals surface area contributed by atoms with Crippen LogP contribution in [-0.4, -0.2) is 36.6 Å². The van der Waals surface area contributed by atoms with E-state index in [1.54, 1.807) is 12.1 Å². The van der Waals surface area contributed by atoms with Gasteiger partial charge in [-0.2, -0.15) is 4.72 Å². The average Bonchev–Trinajstić information content (AvgIpc) is 2.59. The van der Waals surface area contributed by atoms with Crippen LogP contribution in [-0.2, 0) is 19.6 Å². The van der Waals surface area contributed by atoms with E-state index in [2.05, 4.69) is 0 Å². The summed E-state index contributed by atoms with van der Waals surface area (Å²) in [5.41, 5.74) is 1.74. The lowest BCUT2D eigenvalue weighted by atomic mass is 10.1. The van der Waals surface area contributed by atoms with Gasteiger partial charge in [-0.1, -0.05) is 42.5 Å². The lowest BCUT2D eigenvalue weighted by molar-refractivity contribution is -0.140. The Morgan fingerprint density at radius 3 is 2.00 bits per heavy atom. The number of benzene rings is 2. The molecule has 0 aromatic heterocycles. The van der Waals surface area contributed by atoms with Gasteiger partial charge in [0.25, 0.3) is 0 Å². The van der Waals surface area contributed by atoms with E-state index in [1.807, 2.05) is 35.1 Å². The Hall–Kier alpha value is -2.71. The van der Waals surface area contributed by atoms with Crippen LogP contribution in [0.3, 0.4) is 0 Å². The molecule has 132 valence electrons. The maximum atomic E-state index is 12.3. The molecule has 0 saturated carbocycles. The first-order chi connectivity index (χ1) is 11.8. The number of carboxylic acids is 2. The second-order valence-corrected chi connectivity index (χ2v) is 7.05. The minimum absolute atomic E-state index is 0.0891. The standard InChI is InChI=1S/C17H17NO6S/c19-16(20)11-10-15(17(21)22)18-25(23,24)14-8-6-13(7-9-14)12-4-2-1-3-5-12/h1-9,15,18H,10-11H2,(H,19,20)(H,21,22)/t15-/m0/s1. The molecule has 0 aliphatic heterocycles. The zero-order valence-corrected chi connectivity index (χ0v) is 13.9. The SMILES string of the molecule is O=C(O)CC[C@H](NS(=O)(=O)c1ccc(-c2ccccc2)cc1)C(=O)O. The van der Waals surface area contributed by atoms with Crippen LogP contribution in [0.25, 0.3) is 11.1 Å². The van der Waals surface area contributed by atoms with Crippen LogP contribution in [0.5, 0.6) is 0 Å². The van der Waals surface area contributed by atoms with Gasteiger partial charge in [0.1, 0.15) is 6.04 Å². The molecule has 1 atom stereocenters. The highest BCUT2D eigenvalue weighted by Crippen LogP contribution is 2.21. The summed E-state index contributed by atoms with van der Waals surface area (Å²) < 4.78 is 26.7. The molecule has 7 nitrogen and oxygen atoms in total. The van der Waals surface area contributed by atoms with Crippen molar-refractivity contribution in [3.63, 3.8) is 0 Å². The smallest absolute Gasteiger partial charge is 0.321 e. The summed E-state index contributed by atoms with van der Waals surface area (Å²) >= 11 is 0. The van der Waals surface area contributed by atoms with Crippen LogP contribution < -0.4 is 4.72 Å². The Labute approximate surface area is 145 Å². The van der Waals surface area contributed by atoms with E-state index < -0.39 is 34.4 Å². The van der Waals surface area contributed by atoms with Gasteiger partial charge in [-0.25, -0.2) is 8.42 Å². The largest absolute Gasteiger partial charge is 0.481 e. The molecule has 0 fully saturated rings. The van der Waals surface area contributed by atoms with Gasteiger partial charge < -0.3 is 10.2 Å². The van der Waals surface area contributed by atoms with Crippen molar-refractivity contribution in [3.05, 3.63) is 54.6 Å². The lowest BCUT2D eigenvalue weighted by Crippen LogP contribution is -2.41. The number of sulfonamides is 1. The number of carbonyl (C=O) groups is 2. The van der Waals surface area contributed by atoms with Crippen LogP contribution in [0.2, 0.25) is 0 Å². The van der Waals surface area contributed by atoms with E-state index in [4.69, 9.17) is 10.2 Å². The molecule has 2 aromatic carbocycles. The maximum absolute atomic E-state index is 12.3. The monoisotopic (exact) mass is 363 g/mol. The molecule has 0 aliphatic carbocycles. The first-order valence-electron chi connectivity index (χ1n) is 7.42. The van der Waals surface area contributed by atoms with Crippen LogP contribution in [0.4, 0.5) is 0 Å². The first kappa shape index (κ1) is 18.6. The highest BCUT2D eigenvalue weighted by Gasteiger charge is 2.25. The topological polar surface area (TPSA) is 121 Å². The number of hydrogen-bond donors (Lipinski definition) is 3. The molecular formula is C17H17NO6S. The molecule has 8 heteroatoms. The predicted octanol–water partition coefficient (Wildman–Crippen LogP) is 1.95. The molecule has 0 heterocycles. The number of nitrogens with one attached hydrogen (secondary N) is 1. The third kappa shape index (κ3) is 5.13. The van der Waals surface area contributed by atoms with Crippen LogP contribution in [0.15, 0.2) is 59.5 Å². The van der Waals surface area contributed by atoms with Gasteiger partial charge in [0.05, 0.1) is 4.90 Å². The summed E-state index contributed by atoms with van der Waals surface area (Å²) in [4.78, 5) is 21.6. The van der Waals surface area contributed by atoms with Crippen molar-refractivity contribution in [2.75, 3.05) is 0 Å². The molecule has 3 N–H and O–H groups in total. The molecule has 2 rings (SSSR count). The minimum Gasteiger partial charge on any atom is -0.481 e. The Balaban J connectivity index is 2.18. The van der Waals surface area contributed by atoms with E-state index in [1.165, 1.54) is 12.1 Å². The van der Waals surface area contributed by atoms with Gasteiger partial charge in [0, 0.05) is 6.42 Å². The molecule has 0 radical (unpaired) electrons. The Morgan fingerprint density at radius 2 is 1.48 bits per heavy atom. The number of aliphatic carboxylic acids is 2. The fourth-order valence-corrected chi connectivity index (χ4v) is 3.44. The van der Waals surface area contributed by atoms with E-state index in [0.29, 0.717) is 0 Å². The van der Waals surface area contributed by atoms with E-state index in [-0.39, 0.29) is 11.3 Å². The Morgan fingerprint density at radius 1 is 0.920 bits per heavy atom. The normalized spacial score (nSPS) is 12.5. The van der Waals surface area contributed by atoms with Gasteiger partial charge in [-0.15, -0.1) is 0 Å². The molecule has 0 unspecified atom stereocenters. The van der Waals surface area contributed by atoms with Gasteiger partial charge in [-0.3, -0.25) is 9.59 Å². The van der Waals surface area contributed by atoms with Gasteiger partial charge in [-0.05, 0) is 29.7 Å². The average molecular weight is 363 g/mol. The number of carboxylic acid groups (broad SMARTS) is 2. The van der Waals surface area contributed by atoms with E-state index in [0.717, 1.165) is 11.1 Å². The molecule has 0 bridgehead atoms. The zero-order chi connectivity index (χ0) is 18.4. The third-order valence-electron chi connectivity index (χ3n) is 3.51. The van der Waals surface area contributed by atoms with Crippen molar-refractivity contribution < 1.29 is 28.2 Å². The fourth-order valence-electron chi connectivity index (χ4n) is 2.21. The van der Waals surface area contributed by atoms with Crippen LogP contribution >= 0.6 is 0 Å². The molecule has 0 saturated heterocycles. The minimum atomic E-state index is -4.08. The summed E-state index contributed by atoms with van der Waals surface area (Å²) in [6.07, 6.45) is -0.793. The molecule has 0 amide bonds. The van der Waals surface area contributed by atoms with Gasteiger partial charge >= 0.3 is 11.9 Å². The van der Waals surface area contributed by atoms with Crippen LogP contribution in [0, 0.1) is 0 Å². The molecule has 0 aliphatic rings. The van der Waals surface area contributed by atoms with Crippen molar-refractivity contribution in [3.8, 4) is 11.1 Å². The van der Waals surface area contributed by atoms with E-state index in [9.17, 15) is 18.0 Å². The Bertz CT molecular complexity index is 846. The third-order valence-corrected chi connectivity index (χ3v) is 5.00. The van der Waals surface area contributed by atoms with Gasteiger partial charge in [0.2, 0.25) is 10.0 Å². The molecule has 25 heavy (non-hydrogen) atoms. The van der Waals surface area contributed by atoms with Crippen molar-refractivity contribution >= 4 is 22.0 Å². The second-order valence-electron chi connectivity index (χ2n) is 5.33. The second kappa shape index (κ2) is 7.91. The number of hydrogen-bond acceptors (Lipinski definition) is 4. The maximum Gasteiger partial charge on any atom is 0.321 e. The summed E-state index contributed by atoms with van der Waals surface area (Å²) in [6.45, 7) is 0. The fraction of sp³-hybridized carbons (Fsp3) is 0.176. The summed E-state index contributed by atoms with van der Waals surface area (Å²) in [5, 5.41) is 17.7. The highest BCUT2D eigenvalue weighted by molar-refractivity contribution is 7.89. The predicted molar refractivity (Wildman–Crippen MR) is 90.5 cm³/mol.